The van der Waals surface area contributed by atoms with Gasteiger partial charge in [0.15, 0.2) is 0 Å². The molecule has 2 fully saturated rings. The molecule has 4 amide bonds. The maximum absolute atomic E-state index is 14.3. The van der Waals surface area contributed by atoms with Gasteiger partial charge in [-0.05, 0) is 63.5 Å². The number of alkyl carbamates (subject to hydrolysis) is 1. The highest BCUT2D eigenvalue weighted by atomic mass is 16.6. The first-order valence-corrected chi connectivity index (χ1v) is 14.0. The van der Waals surface area contributed by atoms with Crippen molar-refractivity contribution in [1.29, 1.82) is 0 Å². The zero-order valence-corrected chi connectivity index (χ0v) is 23.0. The van der Waals surface area contributed by atoms with Crippen LogP contribution in [0.4, 0.5) is 10.5 Å². The Bertz CT molecular complexity index is 1120. The lowest BCUT2D eigenvalue weighted by molar-refractivity contribution is -0.138. The monoisotopic (exact) mass is 540 g/mol. The first kappa shape index (κ1) is 28.6. The number of nitrogens with zero attached hydrogens (tertiary/aromatic N) is 1. The third kappa shape index (κ3) is 7.16. The summed E-state index contributed by atoms with van der Waals surface area (Å²) in [7, 11) is 0. The first-order chi connectivity index (χ1) is 18.4. The van der Waals surface area contributed by atoms with Crippen LogP contribution in [0.2, 0.25) is 0 Å². The fraction of sp³-hybridized carbons (Fsp3) is 0.621. The minimum atomic E-state index is -1.09. The summed E-state index contributed by atoms with van der Waals surface area (Å²) in [6, 6.07) is 4.42. The van der Waals surface area contributed by atoms with Crippen LogP contribution in [-0.2, 0) is 30.3 Å². The van der Waals surface area contributed by atoms with Crippen LogP contribution in [0.25, 0.3) is 0 Å². The van der Waals surface area contributed by atoms with Crippen molar-refractivity contribution >= 4 is 35.3 Å². The van der Waals surface area contributed by atoms with E-state index in [9.17, 15) is 24.0 Å². The van der Waals surface area contributed by atoms with Crippen LogP contribution < -0.4 is 21.3 Å². The van der Waals surface area contributed by atoms with Crippen molar-refractivity contribution < 1.29 is 28.7 Å². The Morgan fingerprint density at radius 3 is 2.28 bits per heavy atom. The summed E-state index contributed by atoms with van der Waals surface area (Å²) in [5, 5.41) is 5.55. The molecule has 39 heavy (non-hydrogen) atoms. The van der Waals surface area contributed by atoms with E-state index in [1.54, 1.807) is 32.9 Å². The highest BCUT2D eigenvalue weighted by molar-refractivity contribution is 6.37. The van der Waals surface area contributed by atoms with Crippen LogP contribution in [0.3, 0.4) is 0 Å². The number of rotatable bonds is 9. The van der Waals surface area contributed by atoms with Crippen LogP contribution >= 0.6 is 0 Å². The van der Waals surface area contributed by atoms with Gasteiger partial charge < -0.3 is 21.1 Å². The molecule has 1 aromatic carbocycles. The van der Waals surface area contributed by atoms with Crippen molar-refractivity contribution in [2.24, 2.45) is 17.6 Å². The normalized spacial score (nSPS) is 20.9. The molecule has 0 aromatic heterocycles. The maximum atomic E-state index is 14.3. The number of ether oxygens (including phenoxy) is 1. The lowest BCUT2D eigenvalue weighted by Crippen LogP contribution is -2.59. The Morgan fingerprint density at radius 1 is 1.00 bits per heavy atom. The van der Waals surface area contributed by atoms with Crippen molar-refractivity contribution in [3.05, 3.63) is 29.8 Å². The third-order valence-electron chi connectivity index (χ3n) is 7.72. The quantitative estimate of drug-likeness (QED) is 0.410. The molecule has 4 N–H and O–H groups in total. The fourth-order valence-electron chi connectivity index (χ4n) is 5.66. The zero-order valence-electron chi connectivity index (χ0n) is 23.0. The van der Waals surface area contributed by atoms with Crippen molar-refractivity contribution in [1.82, 2.24) is 10.6 Å². The summed E-state index contributed by atoms with van der Waals surface area (Å²) in [5.74, 6) is -2.70. The Labute approximate surface area is 229 Å². The van der Waals surface area contributed by atoms with Gasteiger partial charge in [0.25, 0.3) is 11.8 Å². The van der Waals surface area contributed by atoms with Crippen LogP contribution in [0, 0.1) is 11.8 Å². The van der Waals surface area contributed by atoms with E-state index in [2.05, 4.69) is 10.6 Å². The zero-order chi connectivity index (χ0) is 28.3. The van der Waals surface area contributed by atoms with E-state index in [0.717, 1.165) is 50.5 Å². The number of Topliss-reactive ketones (excluding diaryl/α,β-unsaturated/α-hetero) is 1. The van der Waals surface area contributed by atoms with Gasteiger partial charge in [0.1, 0.15) is 17.7 Å². The molecule has 3 aliphatic rings. The molecule has 0 radical (unpaired) electrons. The number of fused-ring (bicyclic) bond motifs is 1. The molecular weight excluding hydrogens is 500 g/mol. The Balaban J connectivity index is 1.61. The van der Waals surface area contributed by atoms with Crippen LogP contribution in [0.15, 0.2) is 24.3 Å². The molecule has 10 heteroatoms. The molecule has 0 saturated heterocycles. The number of hydrogen-bond acceptors (Lipinski definition) is 6. The van der Waals surface area contributed by atoms with Gasteiger partial charge >= 0.3 is 6.09 Å². The van der Waals surface area contributed by atoms with Gasteiger partial charge in [-0.1, -0.05) is 50.3 Å². The fourth-order valence-corrected chi connectivity index (χ4v) is 5.66. The molecular formula is C29H40N4O6. The Morgan fingerprint density at radius 2 is 1.67 bits per heavy atom. The molecule has 10 nitrogen and oxygen atoms in total. The predicted molar refractivity (Wildman–Crippen MR) is 145 cm³/mol. The predicted octanol–water partition coefficient (Wildman–Crippen LogP) is 2.76. The molecule has 0 bridgehead atoms. The molecule has 1 aliphatic heterocycles. The van der Waals surface area contributed by atoms with E-state index < -0.39 is 53.3 Å². The minimum Gasteiger partial charge on any atom is -0.444 e. The second kappa shape index (κ2) is 11.8. The lowest BCUT2D eigenvalue weighted by atomic mass is 9.83. The van der Waals surface area contributed by atoms with E-state index in [-0.39, 0.29) is 18.3 Å². The number of primary amides is 1. The van der Waals surface area contributed by atoms with E-state index in [1.165, 1.54) is 4.90 Å². The van der Waals surface area contributed by atoms with Crippen molar-refractivity contribution in [3.63, 3.8) is 0 Å². The summed E-state index contributed by atoms with van der Waals surface area (Å²) in [6.07, 6.45) is 6.27. The summed E-state index contributed by atoms with van der Waals surface area (Å²) in [5.41, 5.74) is 5.93. The molecule has 212 valence electrons. The van der Waals surface area contributed by atoms with E-state index in [4.69, 9.17) is 10.5 Å². The number of anilines is 1. The van der Waals surface area contributed by atoms with Gasteiger partial charge in [-0.3, -0.25) is 24.1 Å². The van der Waals surface area contributed by atoms with Crippen LogP contribution in [-0.4, -0.2) is 53.3 Å². The molecule has 1 heterocycles. The smallest absolute Gasteiger partial charge is 0.408 e. The average molecular weight is 541 g/mol. The number of benzene rings is 1. The maximum Gasteiger partial charge on any atom is 0.408 e. The Hall–Kier alpha value is -3.43. The number of para-hydroxylation sites is 1. The summed E-state index contributed by atoms with van der Waals surface area (Å²) >= 11 is 0. The minimum absolute atomic E-state index is 0.103. The van der Waals surface area contributed by atoms with Gasteiger partial charge in [0.2, 0.25) is 11.7 Å². The lowest BCUT2D eigenvalue weighted by Gasteiger charge is -2.35. The highest BCUT2D eigenvalue weighted by Crippen LogP contribution is 2.36. The number of carbonyl (C=O) groups excluding carboxylic acids is 5. The second-order valence-electron chi connectivity index (χ2n) is 12.0. The van der Waals surface area contributed by atoms with E-state index in [0.29, 0.717) is 12.1 Å². The molecule has 2 saturated carbocycles. The largest absolute Gasteiger partial charge is 0.444 e. The average Bonchev–Trinajstić information content (AvgIpc) is 3.61. The molecule has 1 aromatic rings. The number of nitrogens with one attached hydrogen (secondary N) is 2. The van der Waals surface area contributed by atoms with Gasteiger partial charge in [-0.2, -0.15) is 0 Å². The topological polar surface area (TPSA) is 148 Å². The highest BCUT2D eigenvalue weighted by Gasteiger charge is 2.45. The number of amides is 4. The van der Waals surface area contributed by atoms with Crippen molar-refractivity contribution in [2.75, 3.05) is 4.90 Å². The number of nitrogens with two attached hydrogens (primary N) is 1. The number of ketones is 1. The van der Waals surface area contributed by atoms with Gasteiger partial charge in [-0.15, -0.1) is 0 Å². The van der Waals surface area contributed by atoms with Gasteiger partial charge in [0, 0.05) is 12.1 Å². The second-order valence-corrected chi connectivity index (χ2v) is 12.0. The van der Waals surface area contributed by atoms with E-state index >= 15 is 0 Å². The van der Waals surface area contributed by atoms with Crippen LogP contribution in [0.5, 0.6) is 0 Å². The van der Waals surface area contributed by atoms with Crippen molar-refractivity contribution in [3.8, 4) is 0 Å². The molecule has 3 atom stereocenters. The SMILES string of the molecule is CC(C)(C)OC(=O)N[C@H](C(=O)N1c2ccccc2C[C@H]1C(=O)NC(CC1CC1)C(=O)C(N)=O)C1CCCCC1. The summed E-state index contributed by atoms with van der Waals surface area (Å²) < 4.78 is 5.48. The van der Waals surface area contributed by atoms with Gasteiger partial charge in [-0.25, -0.2) is 4.79 Å². The molecule has 0 spiro atoms. The first-order valence-electron chi connectivity index (χ1n) is 14.0. The number of hydrogen-bond donors (Lipinski definition) is 3. The molecule has 1 unspecified atom stereocenters. The Kier molecular flexibility index (Phi) is 8.61. The van der Waals surface area contributed by atoms with Crippen molar-refractivity contribution in [2.45, 2.75) is 102 Å². The standard InChI is InChI=1S/C29H40N4O6/c1-29(2,3)39-28(38)32-23(18-9-5-4-6-10-18)27(37)33-21-12-8-7-11-19(21)16-22(33)26(36)31-20(15-17-13-14-17)24(34)25(30)35/h7-8,11-12,17-18,20,22-23H,4-6,9-10,13-16H2,1-3H3,(H2,30,35)(H,31,36)(H,32,38)/t20?,22-,23-/m0/s1. The van der Waals surface area contributed by atoms with E-state index in [1.807, 2.05) is 12.1 Å². The summed E-state index contributed by atoms with van der Waals surface area (Å²) in [6.45, 7) is 5.27. The van der Waals surface area contributed by atoms with Gasteiger partial charge in [0.05, 0.1) is 6.04 Å². The van der Waals surface area contributed by atoms with Crippen LogP contribution in [0.1, 0.15) is 77.7 Å². The number of carbonyl (C=O) groups is 5. The summed E-state index contributed by atoms with van der Waals surface area (Å²) in [4.78, 5) is 66.4. The third-order valence-corrected chi connectivity index (χ3v) is 7.72. The molecule has 2 aliphatic carbocycles. The molecule has 4 rings (SSSR count).